The Bertz CT molecular complexity index is 563. The smallest absolute Gasteiger partial charge is 0.152 e. The van der Waals surface area contributed by atoms with Crippen LogP contribution in [-0.2, 0) is 0 Å². The first kappa shape index (κ1) is 13.8. The monoisotopic (exact) mass is 264 g/mol. The lowest BCUT2D eigenvalue weighted by Gasteiger charge is -2.21. The molecule has 19 heavy (non-hydrogen) atoms. The minimum Gasteiger partial charge on any atom is -0.393 e. The lowest BCUT2D eigenvalue weighted by atomic mass is 10.1. The average molecular weight is 264 g/mol. The molecule has 0 aliphatic rings. The van der Waals surface area contributed by atoms with Gasteiger partial charge >= 0.3 is 0 Å². The Hall–Kier alpha value is -1.66. The maximum absolute atomic E-state index is 9.79. The summed E-state index contributed by atoms with van der Waals surface area (Å²) < 4.78 is 1.76. The highest BCUT2D eigenvalue weighted by Gasteiger charge is 2.19. The lowest BCUT2D eigenvalue weighted by molar-refractivity contribution is 0.0132. The largest absolute Gasteiger partial charge is 0.393 e. The summed E-state index contributed by atoms with van der Waals surface area (Å²) in [4.78, 5) is 4.25. The fourth-order valence-electron chi connectivity index (χ4n) is 1.69. The fraction of sp³-hybridized carbons (Fsp3) is 0.538. The van der Waals surface area contributed by atoms with E-state index in [1.54, 1.807) is 23.8 Å². The summed E-state index contributed by atoms with van der Waals surface area (Å²) in [7, 11) is 0. The lowest BCUT2D eigenvalue weighted by Crippen LogP contribution is -2.37. The number of aliphatic hydroxyl groups excluding tert-OH is 1. The molecule has 104 valence electrons. The van der Waals surface area contributed by atoms with Crippen molar-refractivity contribution in [3.8, 4) is 0 Å². The molecular weight excluding hydrogens is 244 g/mol. The first-order chi connectivity index (χ1) is 8.93. The van der Waals surface area contributed by atoms with Gasteiger partial charge in [-0.05, 0) is 18.9 Å². The Morgan fingerprint density at radius 2 is 2.21 bits per heavy atom. The third-order valence-electron chi connectivity index (χ3n) is 2.98. The molecule has 1 unspecified atom stereocenters. The van der Waals surface area contributed by atoms with Crippen LogP contribution in [-0.4, -0.2) is 43.6 Å². The van der Waals surface area contributed by atoms with Crippen molar-refractivity contribution in [3.05, 3.63) is 24.2 Å². The molecule has 0 saturated heterocycles. The molecule has 6 nitrogen and oxygen atoms in total. The molecule has 1 atom stereocenters. The highest BCUT2D eigenvalue weighted by molar-refractivity contribution is 5.68. The number of nitrogens with zero attached hydrogens (tertiary/aromatic N) is 3. The van der Waals surface area contributed by atoms with E-state index in [-0.39, 0.29) is 13.2 Å². The molecule has 0 fully saturated rings. The standard InChI is InChI=1S/C13H20N4O2/c1-9(2)10-6-11-12(14-4-5-17(11)16-10)15-7-13(3,19)8-18/h4-6,9,18-19H,7-8H2,1-3H3,(H,14,15). The Morgan fingerprint density at radius 3 is 2.84 bits per heavy atom. The minimum atomic E-state index is -1.17. The molecule has 6 heteroatoms. The van der Waals surface area contributed by atoms with Crippen LogP contribution in [0.25, 0.3) is 5.52 Å². The van der Waals surface area contributed by atoms with Crippen molar-refractivity contribution in [2.45, 2.75) is 32.3 Å². The zero-order chi connectivity index (χ0) is 14.0. The van der Waals surface area contributed by atoms with E-state index in [9.17, 15) is 5.11 Å². The first-order valence-corrected chi connectivity index (χ1v) is 6.34. The zero-order valence-corrected chi connectivity index (χ0v) is 11.5. The van der Waals surface area contributed by atoms with Crippen LogP contribution < -0.4 is 5.32 Å². The van der Waals surface area contributed by atoms with Gasteiger partial charge in [-0.1, -0.05) is 13.8 Å². The number of fused-ring (bicyclic) bond motifs is 1. The number of aromatic nitrogens is 3. The van der Waals surface area contributed by atoms with E-state index < -0.39 is 5.60 Å². The molecule has 0 aliphatic carbocycles. The van der Waals surface area contributed by atoms with Crippen molar-refractivity contribution in [2.75, 3.05) is 18.5 Å². The van der Waals surface area contributed by atoms with E-state index in [0.29, 0.717) is 11.7 Å². The number of hydrogen-bond donors (Lipinski definition) is 3. The third-order valence-corrected chi connectivity index (χ3v) is 2.98. The Kier molecular flexibility index (Phi) is 3.73. The molecule has 2 rings (SSSR count). The van der Waals surface area contributed by atoms with Gasteiger partial charge < -0.3 is 15.5 Å². The van der Waals surface area contributed by atoms with Crippen molar-refractivity contribution >= 4 is 11.3 Å². The summed E-state index contributed by atoms with van der Waals surface area (Å²) in [6, 6.07) is 1.98. The highest BCUT2D eigenvalue weighted by atomic mass is 16.3. The SMILES string of the molecule is CC(C)c1cc2c(NCC(C)(O)CO)nccn2n1. The number of nitrogens with one attached hydrogen (secondary N) is 1. The molecule has 2 aromatic rings. The van der Waals surface area contributed by atoms with Gasteiger partial charge in [0.15, 0.2) is 5.82 Å². The highest BCUT2D eigenvalue weighted by Crippen LogP contribution is 2.20. The van der Waals surface area contributed by atoms with Gasteiger partial charge in [0.1, 0.15) is 11.1 Å². The normalized spacial score (nSPS) is 14.8. The van der Waals surface area contributed by atoms with Crippen molar-refractivity contribution in [3.63, 3.8) is 0 Å². The third kappa shape index (κ3) is 3.02. The molecule has 3 N–H and O–H groups in total. The van der Waals surface area contributed by atoms with Gasteiger partial charge in [-0.2, -0.15) is 5.10 Å². The van der Waals surface area contributed by atoms with Gasteiger partial charge in [-0.3, -0.25) is 0 Å². The van der Waals surface area contributed by atoms with Gasteiger partial charge in [0.2, 0.25) is 0 Å². The maximum Gasteiger partial charge on any atom is 0.152 e. The van der Waals surface area contributed by atoms with Crippen LogP contribution in [0.1, 0.15) is 32.4 Å². The van der Waals surface area contributed by atoms with Gasteiger partial charge in [-0.25, -0.2) is 9.50 Å². The molecule has 0 spiro atoms. The van der Waals surface area contributed by atoms with Crippen molar-refractivity contribution in [2.24, 2.45) is 0 Å². The predicted molar refractivity (Wildman–Crippen MR) is 73.3 cm³/mol. The molecule has 0 radical (unpaired) electrons. The summed E-state index contributed by atoms with van der Waals surface area (Å²) in [6.07, 6.45) is 3.44. The fourth-order valence-corrected chi connectivity index (χ4v) is 1.69. The number of anilines is 1. The second-order valence-electron chi connectivity index (χ2n) is 5.34. The molecule has 2 heterocycles. The van der Waals surface area contributed by atoms with Gasteiger partial charge in [0, 0.05) is 18.9 Å². The van der Waals surface area contributed by atoms with Crippen molar-refractivity contribution in [1.29, 1.82) is 0 Å². The van der Waals surface area contributed by atoms with Crippen molar-refractivity contribution < 1.29 is 10.2 Å². The average Bonchev–Trinajstić information content (AvgIpc) is 2.81. The van der Waals surface area contributed by atoms with Crippen LogP contribution in [0.15, 0.2) is 18.5 Å². The van der Waals surface area contributed by atoms with Gasteiger partial charge in [0.05, 0.1) is 12.3 Å². The Labute approximate surface area is 112 Å². The number of rotatable bonds is 5. The Balaban J connectivity index is 2.28. The summed E-state index contributed by atoms with van der Waals surface area (Å²) in [5.74, 6) is 0.990. The van der Waals surface area contributed by atoms with Crippen LogP contribution in [0.2, 0.25) is 0 Å². The van der Waals surface area contributed by atoms with Crippen LogP contribution in [0, 0.1) is 0 Å². The Morgan fingerprint density at radius 1 is 1.47 bits per heavy atom. The van der Waals surface area contributed by atoms with E-state index in [1.807, 2.05) is 6.07 Å². The van der Waals surface area contributed by atoms with Gasteiger partial charge in [-0.15, -0.1) is 0 Å². The summed E-state index contributed by atoms with van der Waals surface area (Å²) in [5, 5.41) is 26.3. The first-order valence-electron chi connectivity index (χ1n) is 6.34. The van der Waals surface area contributed by atoms with E-state index in [1.165, 1.54) is 0 Å². The summed E-state index contributed by atoms with van der Waals surface area (Å²) >= 11 is 0. The van der Waals surface area contributed by atoms with Crippen molar-refractivity contribution in [1.82, 2.24) is 14.6 Å². The summed E-state index contributed by atoms with van der Waals surface area (Å²) in [6.45, 7) is 5.64. The number of hydrogen-bond acceptors (Lipinski definition) is 5. The second kappa shape index (κ2) is 5.14. The summed E-state index contributed by atoms with van der Waals surface area (Å²) in [5.41, 5.74) is 0.681. The maximum atomic E-state index is 9.79. The predicted octanol–water partition coefficient (Wildman–Crippen LogP) is 1.01. The minimum absolute atomic E-state index is 0.221. The van der Waals surface area contributed by atoms with Crippen LogP contribution >= 0.6 is 0 Å². The second-order valence-corrected chi connectivity index (χ2v) is 5.34. The topological polar surface area (TPSA) is 82.7 Å². The van der Waals surface area contributed by atoms with E-state index in [2.05, 4.69) is 29.2 Å². The van der Waals surface area contributed by atoms with Gasteiger partial charge in [0.25, 0.3) is 0 Å². The molecule has 0 bridgehead atoms. The molecule has 0 amide bonds. The van der Waals surface area contributed by atoms with E-state index in [4.69, 9.17) is 5.11 Å². The molecular formula is C13H20N4O2. The number of aliphatic hydroxyl groups is 2. The van der Waals surface area contributed by atoms with Crippen LogP contribution in [0.5, 0.6) is 0 Å². The molecule has 0 aromatic carbocycles. The molecule has 2 aromatic heterocycles. The zero-order valence-electron chi connectivity index (χ0n) is 11.5. The molecule has 0 aliphatic heterocycles. The van der Waals surface area contributed by atoms with Crippen LogP contribution in [0.3, 0.4) is 0 Å². The van der Waals surface area contributed by atoms with E-state index >= 15 is 0 Å². The quantitative estimate of drug-likeness (QED) is 0.750. The van der Waals surface area contributed by atoms with E-state index in [0.717, 1.165) is 11.2 Å². The molecule has 0 saturated carbocycles. The van der Waals surface area contributed by atoms with Crippen LogP contribution in [0.4, 0.5) is 5.82 Å².